The van der Waals surface area contributed by atoms with Gasteiger partial charge in [0.1, 0.15) is 4.88 Å². The van der Waals surface area contributed by atoms with E-state index in [0.717, 1.165) is 17.6 Å². The number of hydrogen-bond donors (Lipinski definition) is 1. The van der Waals surface area contributed by atoms with Crippen LogP contribution in [0, 0.1) is 0 Å². The summed E-state index contributed by atoms with van der Waals surface area (Å²) in [6.07, 6.45) is 2.59. The second-order valence-electron chi connectivity index (χ2n) is 3.70. The molecule has 19 heavy (non-hydrogen) atoms. The number of carboxylic acid groups (broad SMARTS) is 1. The van der Waals surface area contributed by atoms with E-state index in [1.165, 1.54) is 17.7 Å². The van der Waals surface area contributed by atoms with Gasteiger partial charge in [-0.3, -0.25) is 4.79 Å². The molecule has 2 aromatic heterocycles. The van der Waals surface area contributed by atoms with Crippen LogP contribution in [-0.4, -0.2) is 32.0 Å². The van der Waals surface area contributed by atoms with Crippen molar-refractivity contribution in [1.82, 2.24) is 0 Å². The minimum atomic E-state index is -3.61. The van der Waals surface area contributed by atoms with Crippen LogP contribution in [0.1, 0.15) is 20.2 Å². The fourth-order valence-electron chi connectivity index (χ4n) is 1.65. The number of carbonyl (C=O) groups is 2. The van der Waals surface area contributed by atoms with Crippen LogP contribution in [0.5, 0.6) is 0 Å². The van der Waals surface area contributed by atoms with Crippen molar-refractivity contribution in [3.63, 3.8) is 0 Å². The van der Waals surface area contributed by atoms with E-state index in [0.29, 0.717) is 6.29 Å². The molecule has 0 aliphatic rings. The van der Waals surface area contributed by atoms with E-state index in [1.54, 1.807) is 0 Å². The molecule has 0 amide bonds. The second-order valence-corrected chi connectivity index (χ2v) is 6.56. The molecule has 2 rings (SSSR count). The van der Waals surface area contributed by atoms with Gasteiger partial charge in [-0.05, 0) is 6.07 Å². The number of carboxylic acids is 1. The third kappa shape index (κ3) is 2.32. The maximum absolute atomic E-state index is 11.7. The summed E-state index contributed by atoms with van der Waals surface area (Å²) in [4.78, 5) is 21.7. The minimum absolute atomic E-state index is 0.00384. The largest absolute Gasteiger partial charge is 0.477 e. The van der Waals surface area contributed by atoms with Crippen molar-refractivity contribution in [2.45, 2.75) is 4.90 Å². The highest BCUT2D eigenvalue weighted by molar-refractivity contribution is 7.91. The summed E-state index contributed by atoms with van der Waals surface area (Å²) in [5.74, 6) is -1.36. The molecule has 0 aliphatic heterocycles. The molecule has 2 heterocycles. The summed E-state index contributed by atoms with van der Waals surface area (Å²) in [6, 6.07) is 1.37. The van der Waals surface area contributed by atoms with Crippen molar-refractivity contribution in [3.05, 3.63) is 28.3 Å². The van der Waals surface area contributed by atoms with Crippen molar-refractivity contribution in [2.24, 2.45) is 0 Å². The summed E-state index contributed by atoms with van der Waals surface area (Å²) >= 11 is 0.792. The summed E-state index contributed by atoms with van der Waals surface area (Å²) in [6.45, 7) is 0. The Labute approximate surface area is 112 Å². The lowest BCUT2D eigenvalue weighted by Crippen LogP contribution is -2.01. The predicted molar refractivity (Wildman–Crippen MR) is 67.5 cm³/mol. The fourth-order valence-corrected chi connectivity index (χ4v) is 3.92. The average Bonchev–Trinajstić information content (AvgIpc) is 2.93. The Morgan fingerprint density at radius 1 is 1.47 bits per heavy atom. The lowest BCUT2D eigenvalue weighted by molar-refractivity contribution is 0.0702. The van der Waals surface area contributed by atoms with Gasteiger partial charge in [0.05, 0.1) is 11.2 Å². The third-order valence-corrected chi connectivity index (χ3v) is 4.66. The second kappa shape index (κ2) is 4.63. The summed E-state index contributed by atoms with van der Waals surface area (Å²) in [5, 5.41) is 10.3. The number of furan rings is 1. The van der Waals surface area contributed by atoms with E-state index in [4.69, 9.17) is 9.52 Å². The van der Waals surface area contributed by atoms with E-state index < -0.39 is 15.8 Å². The first-order valence-electron chi connectivity index (χ1n) is 4.94. The van der Waals surface area contributed by atoms with Gasteiger partial charge in [-0.1, -0.05) is 0 Å². The highest BCUT2D eigenvalue weighted by atomic mass is 32.2. The maximum atomic E-state index is 11.7. The van der Waals surface area contributed by atoms with Gasteiger partial charge in [-0.25, -0.2) is 13.2 Å². The molecule has 0 saturated carbocycles. The number of aldehydes is 1. The Balaban J connectivity index is 2.83. The van der Waals surface area contributed by atoms with Crippen LogP contribution in [0.25, 0.3) is 11.1 Å². The lowest BCUT2D eigenvalue weighted by Gasteiger charge is -2.02. The van der Waals surface area contributed by atoms with Crippen LogP contribution in [0.4, 0.5) is 0 Å². The van der Waals surface area contributed by atoms with Crippen LogP contribution >= 0.6 is 11.3 Å². The molecule has 0 radical (unpaired) electrons. The molecule has 6 nitrogen and oxygen atoms in total. The molecule has 1 N–H and O–H groups in total. The molecule has 100 valence electrons. The smallest absolute Gasteiger partial charge is 0.346 e. The summed E-state index contributed by atoms with van der Waals surface area (Å²) in [5.41, 5.74) is 0.157. The van der Waals surface area contributed by atoms with Crippen molar-refractivity contribution in [3.8, 4) is 11.1 Å². The molecule has 0 unspecified atom stereocenters. The van der Waals surface area contributed by atoms with Gasteiger partial charge in [0, 0.05) is 22.8 Å². The van der Waals surface area contributed by atoms with E-state index >= 15 is 0 Å². The molecule has 0 bridgehead atoms. The van der Waals surface area contributed by atoms with Crippen LogP contribution in [0.3, 0.4) is 0 Å². The van der Waals surface area contributed by atoms with Gasteiger partial charge in [-0.2, -0.15) is 0 Å². The molecule has 8 heteroatoms. The lowest BCUT2D eigenvalue weighted by atomic mass is 10.1. The van der Waals surface area contributed by atoms with Gasteiger partial charge in [0.15, 0.2) is 21.9 Å². The summed E-state index contributed by atoms with van der Waals surface area (Å²) < 4.78 is 28.2. The predicted octanol–water partition coefficient (Wildman–Crippen LogP) is 1.92. The van der Waals surface area contributed by atoms with Crippen LogP contribution in [-0.2, 0) is 9.84 Å². The zero-order chi connectivity index (χ0) is 14.2. The van der Waals surface area contributed by atoms with E-state index in [9.17, 15) is 18.0 Å². The summed E-state index contributed by atoms with van der Waals surface area (Å²) in [7, 11) is -3.61. The Hall–Kier alpha value is -1.93. The Morgan fingerprint density at radius 2 is 2.16 bits per heavy atom. The third-order valence-electron chi connectivity index (χ3n) is 2.42. The minimum Gasteiger partial charge on any atom is -0.477 e. The first kappa shape index (κ1) is 13.5. The number of sulfone groups is 1. The number of hydrogen-bond acceptors (Lipinski definition) is 6. The van der Waals surface area contributed by atoms with Gasteiger partial charge in [0.25, 0.3) is 0 Å². The molecule has 0 saturated heterocycles. The van der Waals surface area contributed by atoms with Gasteiger partial charge in [-0.15, -0.1) is 11.3 Å². The molecular weight excluding hydrogens is 292 g/mol. The average molecular weight is 300 g/mol. The molecule has 0 aliphatic carbocycles. The fraction of sp³-hybridized carbons (Fsp3) is 0.0909. The molecule has 0 aromatic carbocycles. The SMILES string of the molecule is CS(=O)(=O)c1csc(C(=O)O)c1-c1ccoc1C=O. The molecular formula is C11H8O6S2. The van der Waals surface area contributed by atoms with Crippen molar-refractivity contribution in [1.29, 1.82) is 0 Å². The normalized spacial score (nSPS) is 11.4. The van der Waals surface area contributed by atoms with E-state index in [2.05, 4.69) is 0 Å². The first-order valence-corrected chi connectivity index (χ1v) is 7.71. The number of carbonyl (C=O) groups excluding carboxylic acids is 1. The Morgan fingerprint density at radius 3 is 2.68 bits per heavy atom. The van der Waals surface area contributed by atoms with Crippen molar-refractivity contribution in [2.75, 3.05) is 6.26 Å². The monoisotopic (exact) mass is 300 g/mol. The quantitative estimate of drug-likeness (QED) is 0.865. The van der Waals surface area contributed by atoms with Crippen molar-refractivity contribution >= 4 is 33.4 Å². The van der Waals surface area contributed by atoms with E-state index in [-0.39, 0.29) is 26.7 Å². The van der Waals surface area contributed by atoms with Gasteiger partial charge < -0.3 is 9.52 Å². The van der Waals surface area contributed by atoms with Crippen LogP contribution in [0.2, 0.25) is 0 Å². The first-order chi connectivity index (χ1) is 8.86. The van der Waals surface area contributed by atoms with Gasteiger partial charge >= 0.3 is 5.97 Å². The number of rotatable bonds is 4. The van der Waals surface area contributed by atoms with Crippen LogP contribution in [0.15, 0.2) is 27.0 Å². The highest BCUT2D eigenvalue weighted by Crippen LogP contribution is 2.37. The van der Waals surface area contributed by atoms with E-state index in [1.807, 2.05) is 0 Å². The molecule has 2 aromatic rings. The number of aromatic carboxylic acids is 1. The Kier molecular flexibility index (Phi) is 3.29. The van der Waals surface area contributed by atoms with Crippen molar-refractivity contribution < 1.29 is 27.5 Å². The number of thiophene rings is 1. The Bertz CT molecular complexity index is 750. The molecule has 0 spiro atoms. The van der Waals surface area contributed by atoms with Gasteiger partial charge in [0.2, 0.25) is 0 Å². The topological polar surface area (TPSA) is 102 Å². The standard InChI is InChI=1S/C11H8O6S2/c1-19(15,16)8-5-18-10(11(13)14)9(8)6-2-3-17-7(6)4-12/h2-5H,1H3,(H,13,14). The maximum Gasteiger partial charge on any atom is 0.346 e. The molecule has 0 atom stereocenters. The zero-order valence-corrected chi connectivity index (χ0v) is 11.2. The molecule has 0 fully saturated rings. The highest BCUT2D eigenvalue weighted by Gasteiger charge is 2.26. The van der Waals surface area contributed by atoms with Crippen LogP contribution < -0.4 is 0 Å². The zero-order valence-electron chi connectivity index (χ0n) is 9.61.